The van der Waals surface area contributed by atoms with Crippen LogP contribution in [0.5, 0.6) is 0 Å². The average Bonchev–Trinajstić information content (AvgIpc) is 3.18. The van der Waals surface area contributed by atoms with Crippen molar-refractivity contribution in [2.75, 3.05) is 0 Å². The molecule has 4 aromatic rings. The van der Waals surface area contributed by atoms with Crippen LogP contribution in [0, 0.1) is 20.8 Å². The Hall–Kier alpha value is -4.08. The van der Waals surface area contributed by atoms with Crippen molar-refractivity contribution in [1.29, 1.82) is 0 Å². The van der Waals surface area contributed by atoms with E-state index in [9.17, 15) is 14.4 Å². The molecular formula is C23H25N7O3. The van der Waals surface area contributed by atoms with E-state index in [2.05, 4.69) is 26.0 Å². The summed E-state index contributed by atoms with van der Waals surface area (Å²) in [7, 11) is 0. The van der Waals surface area contributed by atoms with Gasteiger partial charge in [0.25, 0.3) is 11.5 Å². The van der Waals surface area contributed by atoms with Crippen molar-refractivity contribution in [3.63, 3.8) is 0 Å². The molecule has 0 atom stereocenters. The zero-order valence-electron chi connectivity index (χ0n) is 19.0. The fraction of sp³-hybridized carbons (Fsp3) is 0.304. The molecule has 0 bridgehead atoms. The number of rotatable bonds is 5. The Kier molecular flexibility index (Phi) is 5.91. The summed E-state index contributed by atoms with van der Waals surface area (Å²) in [6, 6.07) is 8.68. The Bertz CT molecular complexity index is 1450. The molecule has 2 amide bonds. The maximum absolute atomic E-state index is 12.7. The Morgan fingerprint density at radius 1 is 1.03 bits per heavy atom. The number of fused-ring (bicyclic) bond motifs is 2. The van der Waals surface area contributed by atoms with Gasteiger partial charge < -0.3 is 0 Å². The van der Waals surface area contributed by atoms with Gasteiger partial charge in [0.2, 0.25) is 5.91 Å². The monoisotopic (exact) mass is 447 g/mol. The fourth-order valence-corrected chi connectivity index (χ4v) is 3.91. The van der Waals surface area contributed by atoms with Crippen LogP contribution in [-0.4, -0.2) is 36.2 Å². The summed E-state index contributed by atoms with van der Waals surface area (Å²) in [5, 5.41) is 9.44. The molecule has 170 valence electrons. The lowest BCUT2D eigenvalue weighted by molar-refractivity contribution is -0.121. The minimum Gasteiger partial charge on any atom is -0.273 e. The van der Waals surface area contributed by atoms with E-state index in [1.54, 1.807) is 35.7 Å². The zero-order valence-corrected chi connectivity index (χ0v) is 19.0. The van der Waals surface area contributed by atoms with E-state index in [0.29, 0.717) is 23.7 Å². The van der Waals surface area contributed by atoms with Crippen LogP contribution in [0.4, 0.5) is 0 Å². The third-order valence-electron chi connectivity index (χ3n) is 5.59. The quantitative estimate of drug-likeness (QED) is 0.450. The number of aryl methyl sites for hydroxylation is 4. The summed E-state index contributed by atoms with van der Waals surface area (Å²) in [5.41, 5.74) is 9.02. The molecular weight excluding hydrogens is 422 g/mol. The molecule has 10 heteroatoms. The van der Waals surface area contributed by atoms with Gasteiger partial charge in [-0.25, -0.2) is 14.2 Å². The van der Waals surface area contributed by atoms with Gasteiger partial charge >= 0.3 is 0 Å². The molecule has 0 saturated carbocycles. The van der Waals surface area contributed by atoms with Crippen LogP contribution in [0.25, 0.3) is 16.4 Å². The molecule has 0 saturated heterocycles. The minimum absolute atomic E-state index is 0.0720. The number of amides is 2. The molecule has 0 aliphatic rings. The van der Waals surface area contributed by atoms with Gasteiger partial charge in [-0.2, -0.15) is 10.2 Å². The van der Waals surface area contributed by atoms with Crippen molar-refractivity contribution < 1.29 is 9.59 Å². The molecule has 0 aliphatic carbocycles. The van der Waals surface area contributed by atoms with Crippen molar-refractivity contribution in [1.82, 2.24) is 35.2 Å². The van der Waals surface area contributed by atoms with E-state index in [0.717, 1.165) is 28.3 Å². The number of hydrogen-bond donors (Lipinski definition) is 2. The van der Waals surface area contributed by atoms with E-state index in [1.807, 2.05) is 26.8 Å². The summed E-state index contributed by atoms with van der Waals surface area (Å²) in [4.78, 5) is 42.2. The Balaban J connectivity index is 1.46. The van der Waals surface area contributed by atoms with Crippen molar-refractivity contribution in [3.8, 4) is 0 Å². The van der Waals surface area contributed by atoms with E-state index >= 15 is 0 Å². The summed E-state index contributed by atoms with van der Waals surface area (Å²) in [6.45, 7) is 7.85. The smallest absolute Gasteiger partial charge is 0.273 e. The lowest BCUT2D eigenvalue weighted by Gasteiger charge is -2.12. The highest BCUT2D eigenvalue weighted by Gasteiger charge is 2.17. The largest absolute Gasteiger partial charge is 0.290 e. The van der Waals surface area contributed by atoms with E-state index in [1.165, 1.54) is 4.68 Å². The van der Waals surface area contributed by atoms with Crippen LogP contribution < -0.4 is 16.4 Å². The number of hydrogen-bond acceptors (Lipinski definition) is 6. The number of hydrazine groups is 1. The van der Waals surface area contributed by atoms with Gasteiger partial charge in [0.05, 0.1) is 11.1 Å². The zero-order chi connectivity index (χ0) is 23.7. The second kappa shape index (κ2) is 8.81. The molecule has 4 rings (SSSR count). The van der Waals surface area contributed by atoms with Gasteiger partial charge in [-0.3, -0.25) is 25.2 Å². The third-order valence-corrected chi connectivity index (χ3v) is 5.59. The molecule has 0 aliphatic heterocycles. The summed E-state index contributed by atoms with van der Waals surface area (Å²) in [5.74, 6) is -0.948. The molecule has 0 unspecified atom stereocenters. The SMILES string of the molecule is CCn1nc(C(=O)NNC(=O)CCc2c(C)nc3cc(C)nn3c2C)c2ccccc2c1=O. The van der Waals surface area contributed by atoms with Crippen LogP contribution >= 0.6 is 0 Å². The van der Waals surface area contributed by atoms with Crippen molar-refractivity contribution >= 4 is 28.2 Å². The second-order valence-corrected chi connectivity index (χ2v) is 7.83. The number of carbonyl (C=O) groups is 2. The first kappa shape index (κ1) is 22.1. The molecule has 0 radical (unpaired) electrons. The van der Waals surface area contributed by atoms with Crippen molar-refractivity contribution in [3.05, 3.63) is 69.0 Å². The number of nitrogens with one attached hydrogen (secondary N) is 2. The highest BCUT2D eigenvalue weighted by atomic mass is 16.2. The molecule has 3 aromatic heterocycles. The summed E-state index contributed by atoms with van der Waals surface area (Å²) in [6.07, 6.45) is 0.598. The lowest BCUT2D eigenvalue weighted by atomic mass is 10.1. The number of benzene rings is 1. The van der Waals surface area contributed by atoms with E-state index in [4.69, 9.17) is 0 Å². The van der Waals surface area contributed by atoms with Crippen molar-refractivity contribution in [2.24, 2.45) is 0 Å². The predicted molar refractivity (Wildman–Crippen MR) is 123 cm³/mol. The molecule has 0 spiro atoms. The Morgan fingerprint density at radius 3 is 2.48 bits per heavy atom. The predicted octanol–water partition coefficient (Wildman–Crippen LogP) is 1.78. The van der Waals surface area contributed by atoms with Gasteiger partial charge in [-0.1, -0.05) is 18.2 Å². The third kappa shape index (κ3) is 4.19. The molecule has 33 heavy (non-hydrogen) atoms. The van der Waals surface area contributed by atoms with Gasteiger partial charge in [0, 0.05) is 35.8 Å². The van der Waals surface area contributed by atoms with Crippen molar-refractivity contribution in [2.45, 2.75) is 47.1 Å². The van der Waals surface area contributed by atoms with Gasteiger partial charge in [-0.05, 0) is 45.7 Å². The number of nitrogens with zero attached hydrogens (tertiary/aromatic N) is 5. The summed E-state index contributed by atoms with van der Waals surface area (Å²) < 4.78 is 3.00. The van der Waals surface area contributed by atoms with Crippen LogP contribution in [0.2, 0.25) is 0 Å². The van der Waals surface area contributed by atoms with Crippen LogP contribution in [-0.2, 0) is 17.8 Å². The van der Waals surface area contributed by atoms with Crippen LogP contribution in [0.15, 0.2) is 35.1 Å². The first-order valence-corrected chi connectivity index (χ1v) is 10.7. The second-order valence-electron chi connectivity index (χ2n) is 7.83. The normalized spacial score (nSPS) is 11.2. The molecule has 0 fully saturated rings. The maximum Gasteiger partial charge on any atom is 0.290 e. The number of aromatic nitrogens is 5. The highest BCUT2D eigenvalue weighted by Crippen LogP contribution is 2.17. The highest BCUT2D eigenvalue weighted by molar-refractivity contribution is 6.05. The van der Waals surface area contributed by atoms with E-state index < -0.39 is 5.91 Å². The summed E-state index contributed by atoms with van der Waals surface area (Å²) >= 11 is 0. The standard InChI is InChI=1S/C23H25N7O3/c1-5-29-23(33)18-9-7-6-8-17(18)21(28-29)22(32)26-25-20(31)11-10-16-14(3)24-19-12-13(2)27-30(19)15(16)4/h6-9,12H,5,10-11H2,1-4H3,(H,25,31)(H,26,32). The maximum atomic E-state index is 12.7. The van der Waals surface area contributed by atoms with Gasteiger partial charge in [0.15, 0.2) is 11.3 Å². The molecule has 3 heterocycles. The topological polar surface area (TPSA) is 123 Å². The molecule has 1 aromatic carbocycles. The molecule has 10 nitrogen and oxygen atoms in total. The first-order valence-electron chi connectivity index (χ1n) is 10.7. The minimum atomic E-state index is -0.593. The lowest BCUT2D eigenvalue weighted by Crippen LogP contribution is -2.43. The van der Waals surface area contributed by atoms with Gasteiger partial charge in [0.1, 0.15) is 0 Å². The first-order chi connectivity index (χ1) is 15.8. The Morgan fingerprint density at radius 2 is 1.76 bits per heavy atom. The number of carbonyl (C=O) groups excluding carboxylic acids is 2. The van der Waals surface area contributed by atoms with Crippen LogP contribution in [0.1, 0.15) is 46.5 Å². The molecule has 2 N–H and O–H groups in total. The fourth-order valence-electron chi connectivity index (χ4n) is 3.91. The van der Waals surface area contributed by atoms with Crippen LogP contribution in [0.3, 0.4) is 0 Å². The van der Waals surface area contributed by atoms with Gasteiger partial charge in [-0.15, -0.1) is 0 Å². The van der Waals surface area contributed by atoms with E-state index in [-0.39, 0.29) is 23.6 Å². The Labute approximate surface area is 189 Å². The average molecular weight is 447 g/mol.